The summed E-state index contributed by atoms with van der Waals surface area (Å²) in [6.45, 7) is 0. The van der Waals surface area contributed by atoms with E-state index in [9.17, 15) is 0 Å². The Hall–Kier alpha value is 0.554. The molecule has 1 aromatic carbocycles. The van der Waals surface area contributed by atoms with Crippen LogP contribution in [0.25, 0.3) is 0 Å². The van der Waals surface area contributed by atoms with Crippen LogP contribution in [-0.4, -0.2) is 0 Å². The molecule has 1 rings (SSSR count). The van der Waals surface area contributed by atoms with Gasteiger partial charge in [-0.2, -0.15) is 18.2 Å². The van der Waals surface area contributed by atoms with Gasteiger partial charge in [-0.05, 0) is 0 Å². The maximum Gasteiger partial charge on any atom is 0.0555 e. The fourth-order valence-corrected chi connectivity index (χ4v) is 0.607. The van der Waals surface area contributed by atoms with E-state index in [1.165, 1.54) is 0 Å². The Morgan fingerprint density at radius 2 is 1.89 bits per heavy atom. The Labute approximate surface area is 82.3 Å². The molecule has 0 spiro atoms. The van der Waals surface area contributed by atoms with Crippen LogP contribution in [0.5, 0.6) is 5.75 Å². The Bertz CT molecular complexity index is 154. The van der Waals surface area contributed by atoms with E-state index in [0.717, 1.165) is 5.75 Å². The molecule has 45 valence electrons. The third-order valence-electron chi connectivity index (χ3n) is 0.824. The quantitative estimate of drug-likeness (QED) is 0.510. The van der Waals surface area contributed by atoms with Crippen molar-refractivity contribution in [1.82, 2.24) is 0 Å². The Balaban J connectivity index is 0.000000640. The van der Waals surface area contributed by atoms with Gasteiger partial charge in [0, 0.05) is 38.5 Å². The van der Waals surface area contributed by atoms with Gasteiger partial charge >= 0.3 is 0 Å². The maximum absolute atomic E-state index is 4.81. The average molecular weight is 214 g/mol. The fraction of sp³-hybridized carbons (Fsp3) is 0. The summed E-state index contributed by atoms with van der Waals surface area (Å²) in [6.07, 6.45) is 0. The molecule has 0 heterocycles. The van der Waals surface area contributed by atoms with E-state index < -0.39 is 0 Å². The van der Waals surface area contributed by atoms with Crippen LogP contribution in [-0.2, 0) is 32.7 Å². The van der Waals surface area contributed by atoms with Gasteiger partial charge in [-0.15, -0.1) is 12.1 Å². The Morgan fingerprint density at radius 3 is 2.22 bits per heavy atom. The second-order valence-corrected chi connectivity index (χ2v) is 1.59. The smallest absolute Gasteiger partial charge is 0.0555 e. The van der Waals surface area contributed by atoms with Gasteiger partial charge in [-0.3, -0.25) is 0 Å². The van der Waals surface area contributed by atoms with E-state index in [0.29, 0.717) is 0 Å². The van der Waals surface area contributed by atoms with E-state index in [4.69, 9.17) is 4.52 Å². The van der Waals surface area contributed by atoms with E-state index in [1.54, 1.807) is 12.1 Å². The van der Waals surface area contributed by atoms with Gasteiger partial charge in [0.2, 0.25) is 0 Å². The molecule has 9 heavy (non-hydrogen) atoms. The average Bonchev–Trinajstić information content (AvgIpc) is 1.90. The summed E-state index contributed by atoms with van der Waals surface area (Å²) in [5, 5.41) is 0. The van der Waals surface area contributed by atoms with Crippen molar-refractivity contribution in [2.75, 3.05) is 0 Å². The minimum atomic E-state index is 0. The minimum Gasteiger partial charge on any atom is -0.506 e. The predicted molar refractivity (Wildman–Crippen MR) is 35.6 cm³/mol. The zero-order valence-electron chi connectivity index (χ0n) is 4.87. The number of hydrogen-bond acceptors (Lipinski definition) is 1. The standard InChI is InChI=1S/C6H6OP.Y/c8-7-6-4-2-1-3-5-6;/h2-5H,8H2;/q-1;. The molecular formula is C6H6OPY-. The van der Waals surface area contributed by atoms with Crippen LogP contribution in [0.1, 0.15) is 0 Å². The maximum atomic E-state index is 4.81. The molecule has 0 saturated heterocycles. The molecule has 1 aromatic rings. The van der Waals surface area contributed by atoms with Crippen molar-refractivity contribution in [2.45, 2.75) is 0 Å². The molecule has 0 aliphatic carbocycles. The van der Waals surface area contributed by atoms with Crippen LogP contribution in [0.4, 0.5) is 0 Å². The molecule has 0 aromatic heterocycles. The third kappa shape index (κ3) is 3.30. The van der Waals surface area contributed by atoms with Gasteiger partial charge in [0.05, 0.1) is 9.47 Å². The first-order valence-corrected chi connectivity index (χ1v) is 2.73. The first-order valence-electron chi connectivity index (χ1n) is 2.26. The van der Waals surface area contributed by atoms with Gasteiger partial charge in [0.1, 0.15) is 0 Å². The normalized spacial score (nSPS) is 7.67. The molecule has 1 nitrogen and oxygen atoms in total. The summed E-state index contributed by atoms with van der Waals surface area (Å²) < 4.78 is 4.81. The molecule has 0 saturated carbocycles. The van der Waals surface area contributed by atoms with Gasteiger partial charge in [-0.1, -0.05) is 0 Å². The van der Waals surface area contributed by atoms with Crippen molar-refractivity contribution < 1.29 is 37.2 Å². The van der Waals surface area contributed by atoms with Gasteiger partial charge < -0.3 is 4.52 Å². The van der Waals surface area contributed by atoms with Crippen molar-refractivity contribution >= 4 is 9.47 Å². The molecule has 0 bridgehead atoms. The van der Waals surface area contributed by atoms with Gasteiger partial charge in [0.25, 0.3) is 0 Å². The minimum absolute atomic E-state index is 0. The molecule has 1 atom stereocenters. The third-order valence-corrected chi connectivity index (χ3v) is 1.10. The molecule has 0 N–H and O–H groups in total. The van der Waals surface area contributed by atoms with E-state index >= 15 is 0 Å². The molecular weight excluding hydrogens is 208 g/mol. The largest absolute Gasteiger partial charge is 0.506 e. The molecule has 0 aliphatic rings. The van der Waals surface area contributed by atoms with Gasteiger partial charge in [0.15, 0.2) is 0 Å². The fourth-order valence-electron chi connectivity index (χ4n) is 0.450. The van der Waals surface area contributed by atoms with Crippen LogP contribution >= 0.6 is 9.47 Å². The zero-order valence-corrected chi connectivity index (χ0v) is 8.87. The van der Waals surface area contributed by atoms with Gasteiger partial charge in [-0.25, -0.2) is 0 Å². The second kappa shape index (κ2) is 5.35. The monoisotopic (exact) mass is 214 g/mol. The van der Waals surface area contributed by atoms with E-state index in [2.05, 4.69) is 15.5 Å². The van der Waals surface area contributed by atoms with Crippen LogP contribution in [0.2, 0.25) is 0 Å². The SMILES string of the molecule is POc1cc[c-]cc1.[Y]. The topological polar surface area (TPSA) is 9.23 Å². The van der Waals surface area contributed by atoms with Crippen molar-refractivity contribution in [3.8, 4) is 5.75 Å². The first-order chi connectivity index (χ1) is 3.93. The Morgan fingerprint density at radius 1 is 1.33 bits per heavy atom. The molecule has 0 fully saturated rings. The summed E-state index contributed by atoms with van der Waals surface area (Å²) in [5.74, 6) is 0.841. The Kier molecular flexibility index (Phi) is 5.68. The van der Waals surface area contributed by atoms with Crippen LogP contribution in [0.15, 0.2) is 24.3 Å². The summed E-state index contributed by atoms with van der Waals surface area (Å²) in [5.41, 5.74) is 0. The zero-order chi connectivity index (χ0) is 5.82. The van der Waals surface area contributed by atoms with Crippen LogP contribution < -0.4 is 4.52 Å². The number of benzene rings is 1. The van der Waals surface area contributed by atoms with Crippen LogP contribution in [0, 0.1) is 6.07 Å². The van der Waals surface area contributed by atoms with E-state index in [1.807, 2.05) is 12.1 Å². The molecule has 1 radical (unpaired) electrons. The van der Waals surface area contributed by atoms with Crippen molar-refractivity contribution in [3.63, 3.8) is 0 Å². The van der Waals surface area contributed by atoms with Crippen molar-refractivity contribution in [2.24, 2.45) is 0 Å². The summed E-state index contributed by atoms with van der Waals surface area (Å²) in [4.78, 5) is 0. The summed E-state index contributed by atoms with van der Waals surface area (Å²) >= 11 is 0. The van der Waals surface area contributed by atoms with Crippen molar-refractivity contribution in [3.05, 3.63) is 30.3 Å². The second-order valence-electron chi connectivity index (χ2n) is 1.35. The molecule has 0 amide bonds. The molecule has 0 aliphatic heterocycles. The summed E-state index contributed by atoms with van der Waals surface area (Å²) in [6, 6.07) is 10.2. The first kappa shape index (κ1) is 9.55. The molecule has 1 unspecified atom stereocenters. The number of rotatable bonds is 1. The summed E-state index contributed by atoms with van der Waals surface area (Å²) in [7, 11) is 2.18. The van der Waals surface area contributed by atoms with E-state index in [-0.39, 0.29) is 32.7 Å². The van der Waals surface area contributed by atoms with Crippen molar-refractivity contribution in [1.29, 1.82) is 0 Å². The molecule has 3 heteroatoms. The van der Waals surface area contributed by atoms with Crippen LogP contribution in [0.3, 0.4) is 0 Å². The number of hydrogen-bond donors (Lipinski definition) is 0. The predicted octanol–water partition coefficient (Wildman–Crippen LogP) is 1.65.